The number of benzene rings is 1. The molecule has 0 saturated carbocycles. The number of thiophene rings is 1. The van der Waals surface area contributed by atoms with Gasteiger partial charge in [0.15, 0.2) is 0 Å². The topological polar surface area (TPSA) is 87.5 Å². The molecule has 154 valence electrons. The Morgan fingerprint density at radius 3 is 2.62 bits per heavy atom. The number of hydrogen-bond acceptors (Lipinski definition) is 5. The van der Waals surface area contributed by atoms with E-state index in [-0.39, 0.29) is 17.5 Å². The molecule has 6 nitrogen and oxygen atoms in total. The summed E-state index contributed by atoms with van der Waals surface area (Å²) in [5.41, 5.74) is 9.54. The van der Waals surface area contributed by atoms with Crippen LogP contribution in [0.5, 0.6) is 0 Å². The number of nitrogens with zero attached hydrogens (tertiary/aromatic N) is 1. The molecule has 1 fully saturated rings. The molecule has 2 aromatic rings. The van der Waals surface area contributed by atoms with Crippen molar-refractivity contribution in [2.75, 3.05) is 36.0 Å². The lowest BCUT2D eigenvalue weighted by Gasteiger charge is -2.16. The summed E-state index contributed by atoms with van der Waals surface area (Å²) in [6, 6.07) is 5.57. The first kappa shape index (κ1) is 21.4. The number of nitrogens with two attached hydrogens (primary N) is 1. The van der Waals surface area contributed by atoms with Crippen molar-refractivity contribution >= 4 is 55.5 Å². The van der Waals surface area contributed by atoms with Crippen LogP contribution in [-0.4, -0.2) is 36.3 Å². The number of carbonyl (C=O) groups is 2. The summed E-state index contributed by atoms with van der Waals surface area (Å²) in [7, 11) is 0. The van der Waals surface area contributed by atoms with Gasteiger partial charge in [-0.1, -0.05) is 28.1 Å². The fraction of sp³-hybridized carbons (Fsp3) is 0.333. The Kier molecular flexibility index (Phi) is 6.64. The molecular formula is C21H25BrN4O2S. The van der Waals surface area contributed by atoms with Crippen molar-refractivity contribution in [1.82, 2.24) is 4.90 Å². The lowest BCUT2D eigenvalue weighted by molar-refractivity contribution is 0.0795. The Balaban J connectivity index is 1.91. The second-order valence-electron chi connectivity index (χ2n) is 7.28. The molecule has 1 aliphatic rings. The Morgan fingerprint density at radius 2 is 2.00 bits per heavy atom. The molecule has 1 aromatic heterocycles. The Bertz CT molecular complexity index is 964. The Hall–Kier alpha value is -2.32. The summed E-state index contributed by atoms with van der Waals surface area (Å²) in [5.74, 6) is -0.452. The lowest BCUT2D eigenvalue weighted by Crippen LogP contribution is -2.28. The molecule has 1 saturated heterocycles. The number of hydrogen-bond donors (Lipinski definition) is 3. The summed E-state index contributed by atoms with van der Waals surface area (Å²) in [6.45, 7) is 9.68. The monoisotopic (exact) mass is 476 g/mol. The molecule has 8 heteroatoms. The first-order valence-electron chi connectivity index (χ1n) is 9.45. The zero-order chi connectivity index (χ0) is 21.1. The smallest absolute Gasteiger partial charge is 0.267 e. The highest BCUT2D eigenvalue weighted by Crippen LogP contribution is 2.38. The first-order valence-corrected chi connectivity index (χ1v) is 11.1. The quantitative estimate of drug-likeness (QED) is 0.518. The van der Waals surface area contributed by atoms with E-state index in [1.165, 1.54) is 11.3 Å². The van der Waals surface area contributed by atoms with Gasteiger partial charge in [0.1, 0.15) is 9.88 Å². The van der Waals surface area contributed by atoms with Crippen molar-refractivity contribution in [3.8, 4) is 0 Å². The number of nitrogens with one attached hydrogen (secondary N) is 2. The maximum Gasteiger partial charge on any atom is 0.267 e. The van der Waals surface area contributed by atoms with Crippen LogP contribution >= 0.6 is 27.3 Å². The van der Waals surface area contributed by atoms with E-state index >= 15 is 0 Å². The molecular weight excluding hydrogens is 452 g/mol. The van der Waals surface area contributed by atoms with Gasteiger partial charge in [-0.15, -0.1) is 11.3 Å². The molecule has 0 unspecified atom stereocenters. The molecule has 2 heterocycles. The average Bonchev–Trinajstić information content (AvgIpc) is 3.31. The van der Waals surface area contributed by atoms with E-state index < -0.39 is 0 Å². The van der Waals surface area contributed by atoms with Crippen molar-refractivity contribution in [2.24, 2.45) is 0 Å². The molecule has 0 aliphatic carbocycles. The van der Waals surface area contributed by atoms with Gasteiger partial charge in [0.05, 0.1) is 11.3 Å². The summed E-state index contributed by atoms with van der Waals surface area (Å²) in [4.78, 5) is 28.1. The van der Waals surface area contributed by atoms with Gasteiger partial charge < -0.3 is 21.3 Å². The lowest BCUT2D eigenvalue weighted by atomic mass is 10.2. The van der Waals surface area contributed by atoms with Gasteiger partial charge in [-0.2, -0.15) is 0 Å². The van der Waals surface area contributed by atoms with Gasteiger partial charge in [0.2, 0.25) is 0 Å². The van der Waals surface area contributed by atoms with Gasteiger partial charge in [-0.05, 0) is 50.5 Å². The second-order valence-corrected chi connectivity index (χ2v) is 9.15. The van der Waals surface area contributed by atoms with Crippen molar-refractivity contribution in [3.63, 3.8) is 0 Å². The molecule has 0 radical (unpaired) electrons. The molecule has 1 aromatic carbocycles. The number of anilines is 3. The predicted octanol–water partition coefficient (Wildman–Crippen LogP) is 4.88. The largest absolute Gasteiger partial charge is 0.397 e. The summed E-state index contributed by atoms with van der Waals surface area (Å²) in [6.07, 6.45) is 1.97. The van der Waals surface area contributed by atoms with E-state index in [0.29, 0.717) is 40.8 Å². The number of amides is 2. The van der Waals surface area contributed by atoms with Crippen molar-refractivity contribution in [1.29, 1.82) is 0 Å². The molecule has 1 aliphatic heterocycles. The first-order chi connectivity index (χ1) is 13.8. The highest BCUT2D eigenvalue weighted by molar-refractivity contribution is 9.10. The van der Waals surface area contributed by atoms with Crippen molar-refractivity contribution in [3.05, 3.63) is 50.8 Å². The van der Waals surface area contributed by atoms with E-state index in [0.717, 1.165) is 28.5 Å². The highest BCUT2D eigenvalue weighted by atomic mass is 79.9. The molecule has 0 spiro atoms. The number of aryl methyl sites for hydroxylation is 1. The van der Waals surface area contributed by atoms with Gasteiger partial charge >= 0.3 is 0 Å². The van der Waals surface area contributed by atoms with E-state index in [4.69, 9.17) is 5.73 Å². The minimum atomic E-state index is -0.326. The average molecular weight is 477 g/mol. The third-order valence-electron chi connectivity index (χ3n) is 4.73. The number of halogens is 1. The van der Waals surface area contributed by atoms with Crippen LogP contribution in [0.2, 0.25) is 0 Å². The van der Waals surface area contributed by atoms with Gasteiger partial charge in [-0.25, -0.2) is 0 Å². The van der Waals surface area contributed by atoms with E-state index in [1.807, 2.05) is 32.0 Å². The maximum atomic E-state index is 13.1. The van der Waals surface area contributed by atoms with Crippen LogP contribution < -0.4 is 16.4 Å². The van der Waals surface area contributed by atoms with Gasteiger partial charge in [-0.3, -0.25) is 9.59 Å². The summed E-state index contributed by atoms with van der Waals surface area (Å²) < 4.78 is 0.968. The number of carbonyl (C=O) groups excluding carboxylic acids is 2. The van der Waals surface area contributed by atoms with Crippen LogP contribution in [0, 0.1) is 6.92 Å². The summed E-state index contributed by atoms with van der Waals surface area (Å²) >= 11 is 4.66. The van der Waals surface area contributed by atoms with E-state index in [1.54, 1.807) is 4.90 Å². The van der Waals surface area contributed by atoms with Crippen molar-refractivity contribution in [2.45, 2.75) is 26.7 Å². The van der Waals surface area contributed by atoms with Crippen LogP contribution in [0.1, 0.15) is 45.4 Å². The van der Waals surface area contributed by atoms with E-state index in [9.17, 15) is 9.59 Å². The van der Waals surface area contributed by atoms with Gasteiger partial charge in [0.25, 0.3) is 11.8 Å². The van der Waals surface area contributed by atoms with Gasteiger partial charge in [0, 0.05) is 29.8 Å². The Labute approximate surface area is 183 Å². The van der Waals surface area contributed by atoms with Crippen LogP contribution in [0.4, 0.5) is 16.4 Å². The molecule has 0 bridgehead atoms. The molecule has 4 N–H and O–H groups in total. The standard InChI is InChI=1S/C21H25BrN4O2S/c1-12(2)11-24-20-16(21(28)26-8-4-5-9-26)17(23)18(29-20)19(27)25-14-6-7-15(22)13(3)10-14/h6-7,10,24H,1,4-5,8-9,11,23H2,2-3H3,(H,25,27). The summed E-state index contributed by atoms with van der Waals surface area (Å²) in [5, 5.41) is 6.71. The molecule has 3 rings (SSSR count). The third kappa shape index (κ3) is 4.82. The minimum absolute atomic E-state index is 0.126. The van der Waals surface area contributed by atoms with Crippen LogP contribution in [0.3, 0.4) is 0 Å². The number of likely N-dealkylation sites (tertiary alicyclic amines) is 1. The number of nitrogen functional groups attached to an aromatic ring is 1. The molecule has 2 amide bonds. The fourth-order valence-electron chi connectivity index (χ4n) is 3.17. The number of rotatable bonds is 6. The Morgan fingerprint density at radius 1 is 1.31 bits per heavy atom. The molecule has 0 atom stereocenters. The van der Waals surface area contributed by atoms with Crippen molar-refractivity contribution < 1.29 is 9.59 Å². The van der Waals surface area contributed by atoms with Crippen LogP contribution in [0.15, 0.2) is 34.8 Å². The third-order valence-corrected chi connectivity index (χ3v) is 6.78. The zero-order valence-electron chi connectivity index (χ0n) is 16.6. The van der Waals surface area contributed by atoms with Crippen LogP contribution in [-0.2, 0) is 0 Å². The predicted molar refractivity (Wildman–Crippen MR) is 124 cm³/mol. The minimum Gasteiger partial charge on any atom is -0.397 e. The highest BCUT2D eigenvalue weighted by Gasteiger charge is 2.29. The second kappa shape index (κ2) is 9.00. The van der Waals surface area contributed by atoms with Crippen LogP contribution in [0.25, 0.3) is 0 Å². The zero-order valence-corrected chi connectivity index (χ0v) is 19.0. The molecule has 29 heavy (non-hydrogen) atoms. The maximum absolute atomic E-state index is 13.1. The van der Waals surface area contributed by atoms with E-state index in [2.05, 4.69) is 33.1 Å². The SMILES string of the molecule is C=C(C)CNc1sc(C(=O)Nc2ccc(Br)c(C)c2)c(N)c1C(=O)N1CCCC1. The normalized spacial score (nSPS) is 13.4. The fourth-order valence-corrected chi connectivity index (χ4v) is 4.42.